The lowest BCUT2D eigenvalue weighted by Gasteiger charge is -2.30. The van der Waals surface area contributed by atoms with Gasteiger partial charge in [0.2, 0.25) is 0 Å². The normalized spacial score (nSPS) is 27.4. The van der Waals surface area contributed by atoms with Crippen LogP contribution in [0, 0.1) is 5.92 Å². The van der Waals surface area contributed by atoms with Crippen molar-refractivity contribution >= 4 is 0 Å². The second kappa shape index (κ2) is 8.12. The van der Waals surface area contributed by atoms with Crippen LogP contribution < -0.4 is 0 Å². The van der Waals surface area contributed by atoms with Crippen LogP contribution in [-0.2, 0) is 4.74 Å². The van der Waals surface area contributed by atoms with Crippen LogP contribution in [-0.4, -0.2) is 37.7 Å². The summed E-state index contributed by atoms with van der Waals surface area (Å²) in [6.45, 7) is 9.14. The Morgan fingerprint density at radius 3 is 2.33 bits per heavy atom. The topological polar surface area (TPSA) is 12.5 Å². The molecular formula is C13H29NO. The third-order valence-corrected chi connectivity index (χ3v) is 3.23. The molecule has 0 aromatic heterocycles. The van der Waals surface area contributed by atoms with Gasteiger partial charge < -0.3 is 9.64 Å². The van der Waals surface area contributed by atoms with Gasteiger partial charge in [-0.05, 0) is 40.8 Å². The maximum Gasteiger partial charge on any atom is 0.0589 e. The van der Waals surface area contributed by atoms with E-state index in [0.717, 1.165) is 18.6 Å². The molecule has 0 aromatic rings. The number of hydrogen-bond donors (Lipinski definition) is 0. The smallest absolute Gasteiger partial charge is 0.0589 e. The lowest BCUT2D eigenvalue weighted by Crippen LogP contribution is -2.37. The first-order valence-electron chi connectivity index (χ1n) is 6.44. The van der Waals surface area contributed by atoms with Gasteiger partial charge in [0.1, 0.15) is 0 Å². The Balaban J connectivity index is 0.000000921. The van der Waals surface area contributed by atoms with Gasteiger partial charge in [0.05, 0.1) is 6.10 Å². The minimum absolute atomic E-state index is 0.430. The van der Waals surface area contributed by atoms with Gasteiger partial charge >= 0.3 is 0 Å². The molecule has 0 aromatic carbocycles. The minimum Gasteiger partial charge on any atom is -0.378 e. The second-order valence-corrected chi connectivity index (χ2v) is 4.29. The van der Waals surface area contributed by atoms with Gasteiger partial charge in [-0.1, -0.05) is 20.3 Å². The van der Waals surface area contributed by atoms with Gasteiger partial charge in [0.25, 0.3) is 0 Å². The fourth-order valence-electron chi connectivity index (χ4n) is 2.54. The van der Waals surface area contributed by atoms with Crippen molar-refractivity contribution in [2.75, 3.05) is 20.7 Å². The third kappa shape index (κ3) is 4.52. The highest BCUT2D eigenvalue weighted by molar-refractivity contribution is 4.86. The number of ether oxygens (including phenoxy) is 1. The van der Waals surface area contributed by atoms with Crippen LogP contribution in [0.4, 0.5) is 0 Å². The first kappa shape index (κ1) is 14.9. The van der Waals surface area contributed by atoms with E-state index in [1.54, 1.807) is 0 Å². The summed E-state index contributed by atoms with van der Waals surface area (Å²) >= 11 is 0. The van der Waals surface area contributed by atoms with Crippen molar-refractivity contribution < 1.29 is 4.74 Å². The van der Waals surface area contributed by atoms with E-state index in [9.17, 15) is 0 Å². The average molecular weight is 215 g/mol. The summed E-state index contributed by atoms with van der Waals surface area (Å²) in [5.74, 6) is 0.745. The van der Waals surface area contributed by atoms with Crippen LogP contribution in [0.3, 0.4) is 0 Å². The second-order valence-electron chi connectivity index (χ2n) is 4.29. The molecule has 1 aliphatic rings. The van der Waals surface area contributed by atoms with Crippen molar-refractivity contribution in [1.82, 2.24) is 4.90 Å². The number of nitrogens with zero attached hydrogens (tertiary/aromatic N) is 1. The fraction of sp³-hybridized carbons (Fsp3) is 1.00. The maximum absolute atomic E-state index is 5.68. The summed E-state index contributed by atoms with van der Waals surface area (Å²) in [7, 11) is 4.36. The zero-order valence-electron chi connectivity index (χ0n) is 11.4. The molecule has 0 N–H and O–H groups in total. The Hall–Kier alpha value is -0.0800. The molecule has 1 aliphatic carbocycles. The molecule has 15 heavy (non-hydrogen) atoms. The predicted octanol–water partition coefficient (Wildman–Crippen LogP) is 3.17. The Labute approximate surface area is 96.0 Å². The molecule has 2 heteroatoms. The van der Waals surface area contributed by atoms with Gasteiger partial charge in [-0.3, -0.25) is 0 Å². The van der Waals surface area contributed by atoms with Crippen LogP contribution >= 0.6 is 0 Å². The highest BCUT2D eigenvalue weighted by Crippen LogP contribution is 2.32. The van der Waals surface area contributed by atoms with E-state index in [-0.39, 0.29) is 0 Å². The number of hydrogen-bond acceptors (Lipinski definition) is 2. The summed E-state index contributed by atoms with van der Waals surface area (Å²) in [5, 5.41) is 0. The van der Waals surface area contributed by atoms with Gasteiger partial charge in [-0.15, -0.1) is 0 Å². The molecule has 0 radical (unpaired) electrons. The van der Waals surface area contributed by atoms with E-state index in [0.29, 0.717) is 6.10 Å². The van der Waals surface area contributed by atoms with Crippen LogP contribution in [0.25, 0.3) is 0 Å². The first-order valence-corrected chi connectivity index (χ1v) is 6.44. The van der Waals surface area contributed by atoms with E-state index >= 15 is 0 Å². The Morgan fingerprint density at radius 2 is 1.87 bits per heavy atom. The molecule has 2 nitrogen and oxygen atoms in total. The largest absolute Gasteiger partial charge is 0.378 e. The molecule has 0 heterocycles. The van der Waals surface area contributed by atoms with Crippen molar-refractivity contribution in [2.45, 2.75) is 59.1 Å². The predicted molar refractivity (Wildman–Crippen MR) is 67.3 cm³/mol. The third-order valence-electron chi connectivity index (χ3n) is 3.23. The minimum atomic E-state index is 0.430. The Bertz CT molecular complexity index is 147. The van der Waals surface area contributed by atoms with Gasteiger partial charge in [-0.25, -0.2) is 0 Å². The number of rotatable bonds is 4. The van der Waals surface area contributed by atoms with Crippen molar-refractivity contribution in [3.05, 3.63) is 0 Å². The fourth-order valence-corrected chi connectivity index (χ4v) is 2.54. The lowest BCUT2D eigenvalue weighted by molar-refractivity contribution is 0.0129. The molecule has 0 bridgehead atoms. The monoisotopic (exact) mass is 215 g/mol. The average Bonchev–Trinajstić information content (AvgIpc) is 2.69. The summed E-state index contributed by atoms with van der Waals surface area (Å²) in [5.41, 5.74) is 0. The van der Waals surface area contributed by atoms with E-state index in [1.165, 1.54) is 19.3 Å². The maximum atomic E-state index is 5.68. The van der Waals surface area contributed by atoms with Gasteiger partial charge in [0, 0.05) is 18.6 Å². The van der Waals surface area contributed by atoms with Gasteiger partial charge in [-0.2, -0.15) is 0 Å². The highest BCUT2D eigenvalue weighted by Gasteiger charge is 2.32. The van der Waals surface area contributed by atoms with Crippen LogP contribution in [0.15, 0.2) is 0 Å². The first-order chi connectivity index (χ1) is 7.16. The zero-order chi connectivity index (χ0) is 11.8. The van der Waals surface area contributed by atoms with E-state index < -0.39 is 0 Å². The van der Waals surface area contributed by atoms with Crippen LogP contribution in [0.2, 0.25) is 0 Å². The molecule has 3 atom stereocenters. The molecule has 92 valence electrons. The van der Waals surface area contributed by atoms with Crippen molar-refractivity contribution in [1.29, 1.82) is 0 Å². The van der Waals surface area contributed by atoms with Gasteiger partial charge in [0.15, 0.2) is 0 Å². The SMILES string of the molecule is CC.CCO[C@@H](C)C1CCC[C@@H]1N(C)C. The molecule has 1 rings (SSSR count). The molecule has 0 amide bonds. The molecule has 0 aliphatic heterocycles. The molecule has 1 saturated carbocycles. The lowest BCUT2D eigenvalue weighted by atomic mass is 9.97. The zero-order valence-corrected chi connectivity index (χ0v) is 11.4. The summed E-state index contributed by atoms with van der Waals surface area (Å²) in [6.07, 6.45) is 4.48. The standard InChI is InChI=1S/C11H23NO.C2H6/c1-5-13-9(2)10-7-6-8-11(10)12(3)4;1-2/h9-11H,5-8H2,1-4H3;1-2H3/t9-,10?,11-;/m0./s1. The van der Waals surface area contributed by atoms with Crippen molar-refractivity contribution in [3.63, 3.8) is 0 Å². The van der Waals surface area contributed by atoms with Crippen LogP contribution in [0.5, 0.6) is 0 Å². The highest BCUT2D eigenvalue weighted by atomic mass is 16.5. The summed E-state index contributed by atoms with van der Waals surface area (Å²) in [6, 6.07) is 0.738. The quantitative estimate of drug-likeness (QED) is 0.714. The van der Waals surface area contributed by atoms with E-state index in [4.69, 9.17) is 4.74 Å². The van der Waals surface area contributed by atoms with Crippen molar-refractivity contribution in [3.8, 4) is 0 Å². The Morgan fingerprint density at radius 1 is 1.27 bits per heavy atom. The molecule has 1 fully saturated rings. The van der Waals surface area contributed by atoms with Crippen molar-refractivity contribution in [2.24, 2.45) is 5.92 Å². The molecular weight excluding hydrogens is 186 g/mol. The summed E-state index contributed by atoms with van der Waals surface area (Å²) in [4.78, 5) is 2.35. The summed E-state index contributed by atoms with van der Waals surface area (Å²) < 4.78 is 5.68. The van der Waals surface area contributed by atoms with Crippen LogP contribution in [0.1, 0.15) is 47.0 Å². The molecule has 0 saturated heterocycles. The molecule has 0 spiro atoms. The van der Waals surface area contributed by atoms with E-state index in [2.05, 4.69) is 32.8 Å². The van der Waals surface area contributed by atoms with E-state index in [1.807, 2.05) is 13.8 Å². The molecule has 1 unspecified atom stereocenters. The Kier molecular flexibility index (Phi) is 8.07.